The van der Waals surface area contributed by atoms with E-state index >= 15 is 0 Å². The monoisotopic (exact) mass is 253 g/mol. The molecule has 2 aliphatic heterocycles. The number of nitrogens with zero attached hydrogens (tertiary/aromatic N) is 2. The van der Waals surface area contributed by atoms with Crippen LogP contribution in [0.3, 0.4) is 0 Å². The van der Waals surface area contributed by atoms with Gasteiger partial charge in [0.25, 0.3) is 0 Å². The molecule has 0 spiro atoms. The first-order chi connectivity index (χ1) is 8.72. The van der Waals surface area contributed by atoms with Crippen molar-refractivity contribution in [3.05, 3.63) is 0 Å². The van der Waals surface area contributed by atoms with Gasteiger partial charge in [0.2, 0.25) is 0 Å². The minimum atomic E-state index is 0.740. The lowest BCUT2D eigenvalue weighted by Gasteiger charge is -2.41. The lowest BCUT2D eigenvalue weighted by atomic mass is 9.90. The van der Waals surface area contributed by atoms with E-state index in [0.717, 1.165) is 18.0 Å². The third-order valence-electron chi connectivity index (χ3n) is 4.99. The van der Waals surface area contributed by atoms with Crippen molar-refractivity contribution >= 4 is 0 Å². The Morgan fingerprint density at radius 1 is 1.17 bits per heavy atom. The Hall–Kier alpha value is -0.120. The number of hydrogen-bond donors (Lipinski definition) is 1. The Bertz CT molecular complexity index is 244. The van der Waals surface area contributed by atoms with Gasteiger partial charge in [0, 0.05) is 38.3 Å². The Morgan fingerprint density at radius 2 is 2.00 bits per heavy atom. The second-order valence-electron chi connectivity index (χ2n) is 6.25. The Morgan fingerprint density at radius 3 is 2.72 bits per heavy atom. The van der Waals surface area contributed by atoms with Gasteiger partial charge in [0.1, 0.15) is 0 Å². The SMILES string of the molecule is CCC1CCNC(CN2CCN(C)C(CC)C2)C1. The van der Waals surface area contributed by atoms with Crippen molar-refractivity contribution in [2.24, 2.45) is 5.92 Å². The van der Waals surface area contributed by atoms with Crippen LogP contribution in [0.15, 0.2) is 0 Å². The maximum Gasteiger partial charge on any atom is 0.0218 e. The molecule has 3 nitrogen and oxygen atoms in total. The molecule has 1 N–H and O–H groups in total. The zero-order valence-electron chi connectivity index (χ0n) is 12.5. The molecule has 3 unspecified atom stereocenters. The van der Waals surface area contributed by atoms with Gasteiger partial charge in [-0.25, -0.2) is 0 Å². The van der Waals surface area contributed by atoms with Gasteiger partial charge in [-0.3, -0.25) is 4.90 Å². The maximum absolute atomic E-state index is 3.72. The van der Waals surface area contributed by atoms with Gasteiger partial charge in [-0.1, -0.05) is 20.3 Å². The Kier molecular flexibility index (Phi) is 5.46. The molecule has 2 rings (SSSR count). The van der Waals surface area contributed by atoms with Crippen molar-refractivity contribution in [1.82, 2.24) is 15.1 Å². The molecular weight excluding hydrogens is 222 g/mol. The number of rotatable bonds is 4. The van der Waals surface area contributed by atoms with Crippen LogP contribution in [0.4, 0.5) is 0 Å². The summed E-state index contributed by atoms with van der Waals surface area (Å²) in [6.45, 7) is 10.9. The lowest BCUT2D eigenvalue weighted by molar-refractivity contribution is 0.0798. The van der Waals surface area contributed by atoms with Crippen LogP contribution < -0.4 is 5.32 Å². The van der Waals surface area contributed by atoms with Crippen molar-refractivity contribution in [1.29, 1.82) is 0 Å². The molecular formula is C15H31N3. The molecule has 0 aromatic carbocycles. The average molecular weight is 253 g/mol. The zero-order chi connectivity index (χ0) is 13.0. The second kappa shape index (κ2) is 6.88. The van der Waals surface area contributed by atoms with Crippen molar-refractivity contribution < 1.29 is 0 Å². The minimum absolute atomic E-state index is 0.740. The number of nitrogens with one attached hydrogen (secondary N) is 1. The quantitative estimate of drug-likeness (QED) is 0.824. The van der Waals surface area contributed by atoms with Crippen LogP contribution >= 0.6 is 0 Å². The number of piperazine rings is 1. The van der Waals surface area contributed by atoms with Crippen LogP contribution in [0.1, 0.15) is 39.5 Å². The first-order valence-corrected chi connectivity index (χ1v) is 7.88. The number of piperidine rings is 1. The van der Waals surface area contributed by atoms with Gasteiger partial charge in [-0.2, -0.15) is 0 Å². The normalized spacial score (nSPS) is 35.8. The molecule has 106 valence electrons. The summed E-state index contributed by atoms with van der Waals surface area (Å²) in [6.07, 6.45) is 5.41. The van der Waals surface area contributed by atoms with E-state index in [4.69, 9.17) is 0 Å². The van der Waals surface area contributed by atoms with E-state index in [1.807, 2.05) is 0 Å². The summed E-state index contributed by atoms with van der Waals surface area (Å²) in [5.74, 6) is 0.964. The molecule has 0 bridgehead atoms. The third kappa shape index (κ3) is 3.69. The molecule has 2 heterocycles. The molecule has 0 radical (unpaired) electrons. The van der Waals surface area contributed by atoms with E-state index in [1.54, 1.807) is 0 Å². The van der Waals surface area contributed by atoms with E-state index in [0.29, 0.717) is 0 Å². The summed E-state index contributed by atoms with van der Waals surface area (Å²) in [4.78, 5) is 5.21. The van der Waals surface area contributed by atoms with Gasteiger partial charge in [-0.05, 0) is 38.8 Å². The fourth-order valence-corrected chi connectivity index (χ4v) is 3.53. The number of likely N-dealkylation sites (N-methyl/N-ethyl adjacent to an activating group) is 1. The van der Waals surface area contributed by atoms with Crippen molar-refractivity contribution in [3.8, 4) is 0 Å². The van der Waals surface area contributed by atoms with Crippen LogP contribution in [0, 0.1) is 5.92 Å². The minimum Gasteiger partial charge on any atom is -0.313 e. The van der Waals surface area contributed by atoms with Crippen molar-refractivity contribution in [3.63, 3.8) is 0 Å². The van der Waals surface area contributed by atoms with E-state index in [2.05, 4.69) is 36.0 Å². The topological polar surface area (TPSA) is 18.5 Å². The van der Waals surface area contributed by atoms with E-state index < -0.39 is 0 Å². The van der Waals surface area contributed by atoms with Crippen molar-refractivity contribution in [2.75, 3.05) is 39.8 Å². The van der Waals surface area contributed by atoms with E-state index in [-0.39, 0.29) is 0 Å². The summed E-state index contributed by atoms with van der Waals surface area (Å²) < 4.78 is 0. The summed E-state index contributed by atoms with van der Waals surface area (Å²) in [5.41, 5.74) is 0. The molecule has 2 saturated heterocycles. The molecule has 0 aliphatic carbocycles. The first kappa shape index (κ1) is 14.3. The highest BCUT2D eigenvalue weighted by Crippen LogP contribution is 2.20. The van der Waals surface area contributed by atoms with Gasteiger partial charge in [0.05, 0.1) is 0 Å². The zero-order valence-corrected chi connectivity index (χ0v) is 12.5. The molecule has 0 saturated carbocycles. The van der Waals surface area contributed by atoms with Gasteiger partial charge < -0.3 is 10.2 Å². The molecule has 2 fully saturated rings. The van der Waals surface area contributed by atoms with Crippen LogP contribution in [0.25, 0.3) is 0 Å². The molecule has 18 heavy (non-hydrogen) atoms. The third-order valence-corrected chi connectivity index (χ3v) is 4.99. The Balaban J connectivity index is 1.78. The standard InChI is InChI=1S/C15H31N3/c1-4-13-6-7-16-14(10-13)11-18-9-8-17(3)15(5-2)12-18/h13-16H,4-12H2,1-3H3. The van der Waals surface area contributed by atoms with Crippen LogP contribution in [0.5, 0.6) is 0 Å². The van der Waals surface area contributed by atoms with Gasteiger partial charge in [-0.15, -0.1) is 0 Å². The highest BCUT2D eigenvalue weighted by molar-refractivity contribution is 4.85. The fourth-order valence-electron chi connectivity index (χ4n) is 3.53. The summed E-state index contributed by atoms with van der Waals surface area (Å²) in [7, 11) is 2.28. The molecule has 0 aromatic rings. The van der Waals surface area contributed by atoms with Crippen molar-refractivity contribution in [2.45, 2.75) is 51.6 Å². The largest absolute Gasteiger partial charge is 0.313 e. The second-order valence-corrected chi connectivity index (χ2v) is 6.25. The van der Waals surface area contributed by atoms with Crippen LogP contribution in [0.2, 0.25) is 0 Å². The fraction of sp³-hybridized carbons (Fsp3) is 1.00. The summed E-state index contributed by atoms with van der Waals surface area (Å²) in [6, 6.07) is 1.51. The highest BCUT2D eigenvalue weighted by Gasteiger charge is 2.27. The van der Waals surface area contributed by atoms with E-state index in [9.17, 15) is 0 Å². The highest BCUT2D eigenvalue weighted by atomic mass is 15.3. The van der Waals surface area contributed by atoms with E-state index in [1.165, 1.54) is 58.4 Å². The molecule has 2 aliphatic rings. The molecule has 0 amide bonds. The summed E-state index contributed by atoms with van der Waals surface area (Å²) in [5, 5.41) is 3.72. The lowest BCUT2D eigenvalue weighted by Crippen LogP contribution is -2.55. The van der Waals surface area contributed by atoms with Gasteiger partial charge >= 0.3 is 0 Å². The molecule has 3 atom stereocenters. The summed E-state index contributed by atoms with van der Waals surface area (Å²) >= 11 is 0. The maximum atomic E-state index is 3.72. The average Bonchev–Trinajstić information content (AvgIpc) is 2.41. The number of hydrogen-bond acceptors (Lipinski definition) is 3. The molecule has 3 heteroatoms. The Labute approximate surface area is 113 Å². The van der Waals surface area contributed by atoms with Crippen LogP contribution in [-0.2, 0) is 0 Å². The smallest absolute Gasteiger partial charge is 0.0218 e. The first-order valence-electron chi connectivity index (χ1n) is 7.88. The predicted octanol–water partition coefficient (Wildman–Crippen LogP) is 1.79. The predicted molar refractivity (Wildman–Crippen MR) is 78.0 cm³/mol. The molecule has 0 aromatic heterocycles. The van der Waals surface area contributed by atoms with Crippen LogP contribution in [-0.4, -0.2) is 61.7 Å². The van der Waals surface area contributed by atoms with Gasteiger partial charge in [0.15, 0.2) is 0 Å².